The van der Waals surface area contributed by atoms with Crippen LogP contribution in [0.5, 0.6) is 0 Å². The van der Waals surface area contributed by atoms with Gasteiger partial charge in [-0.2, -0.15) is 0 Å². The monoisotopic (exact) mass is 160 g/mol. The zero-order valence-electron chi connectivity index (χ0n) is 6.79. The van der Waals surface area contributed by atoms with Gasteiger partial charge in [-0.15, -0.1) is 0 Å². The summed E-state index contributed by atoms with van der Waals surface area (Å²) in [6.07, 6.45) is 1.97. The zero-order valence-corrected chi connectivity index (χ0v) is 6.79. The van der Waals surface area contributed by atoms with E-state index in [2.05, 4.69) is 5.32 Å². The molecule has 0 unspecified atom stereocenters. The van der Waals surface area contributed by atoms with Crippen LogP contribution in [0.15, 0.2) is 24.3 Å². The molecule has 0 atom stereocenters. The summed E-state index contributed by atoms with van der Waals surface area (Å²) in [4.78, 5) is 11.3. The molecule has 0 aromatic heterocycles. The second-order valence-electron chi connectivity index (χ2n) is 2.95. The van der Waals surface area contributed by atoms with E-state index in [9.17, 15) is 4.79 Å². The summed E-state index contributed by atoms with van der Waals surface area (Å²) < 4.78 is 0. The number of nitrogens with zero attached hydrogens (tertiary/aromatic N) is 1. The average Bonchev–Trinajstić information content (AvgIpc) is 2.29. The molecule has 12 heavy (non-hydrogen) atoms. The van der Waals surface area contributed by atoms with Crippen LogP contribution in [0.3, 0.4) is 0 Å². The molecule has 1 aliphatic heterocycles. The highest BCUT2D eigenvalue weighted by Gasteiger charge is 2.14. The normalized spacial score (nSPS) is 16.2. The third kappa shape index (κ3) is 1.20. The molecule has 1 radical (unpaired) electrons. The fraction of sp³-hybridized carbons (Fsp3) is 0.300. The SMILES string of the molecule is O=C1[N]CCCc2ccccc21. The van der Waals surface area contributed by atoms with E-state index in [1.54, 1.807) is 0 Å². The number of hydrogen-bond donors (Lipinski definition) is 0. The molecule has 2 rings (SSSR count). The molecule has 1 aromatic rings. The van der Waals surface area contributed by atoms with Gasteiger partial charge in [0, 0.05) is 12.1 Å². The van der Waals surface area contributed by atoms with Crippen molar-refractivity contribution >= 4 is 5.91 Å². The lowest BCUT2D eigenvalue weighted by atomic mass is 10.0. The Labute approximate surface area is 71.6 Å². The van der Waals surface area contributed by atoms with E-state index < -0.39 is 0 Å². The van der Waals surface area contributed by atoms with E-state index >= 15 is 0 Å². The van der Waals surface area contributed by atoms with Crippen molar-refractivity contribution in [3.63, 3.8) is 0 Å². The Kier molecular flexibility index (Phi) is 1.82. The van der Waals surface area contributed by atoms with Gasteiger partial charge in [-0.25, -0.2) is 5.32 Å². The van der Waals surface area contributed by atoms with Crippen molar-refractivity contribution in [3.05, 3.63) is 35.4 Å². The second-order valence-corrected chi connectivity index (χ2v) is 2.95. The number of amides is 1. The largest absolute Gasteiger partial charge is 0.272 e. The maximum absolute atomic E-state index is 11.3. The van der Waals surface area contributed by atoms with Crippen molar-refractivity contribution in [2.24, 2.45) is 0 Å². The summed E-state index contributed by atoms with van der Waals surface area (Å²) >= 11 is 0. The van der Waals surface area contributed by atoms with Crippen molar-refractivity contribution < 1.29 is 4.79 Å². The van der Waals surface area contributed by atoms with Crippen molar-refractivity contribution in [2.75, 3.05) is 6.54 Å². The fourth-order valence-corrected chi connectivity index (χ4v) is 1.48. The van der Waals surface area contributed by atoms with E-state index in [4.69, 9.17) is 0 Å². The van der Waals surface area contributed by atoms with E-state index in [1.807, 2.05) is 24.3 Å². The second kappa shape index (κ2) is 2.97. The Balaban J connectivity index is 2.46. The molecule has 2 nitrogen and oxygen atoms in total. The molecule has 0 aliphatic carbocycles. The first-order valence-electron chi connectivity index (χ1n) is 4.17. The Bertz CT molecular complexity index is 306. The predicted octanol–water partition coefficient (Wildman–Crippen LogP) is 1.38. The number of rotatable bonds is 0. The number of carbonyl (C=O) groups is 1. The quantitative estimate of drug-likeness (QED) is 0.564. The molecule has 1 heterocycles. The van der Waals surface area contributed by atoms with Crippen LogP contribution in [0.4, 0.5) is 0 Å². The maximum Gasteiger partial charge on any atom is 0.272 e. The summed E-state index contributed by atoms with van der Waals surface area (Å²) in [6.45, 7) is 0.674. The Hall–Kier alpha value is -1.31. The Morgan fingerprint density at radius 1 is 1.25 bits per heavy atom. The van der Waals surface area contributed by atoms with Gasteiger partial charge in [0.05, 0.1) is 0 Å². The molecule has 1 aromatic carbocycles. The van der Waals surface area contributed by atoms with Gasteiger partial charge in [-0.1, -0.05) is 18.2 Å². The fourth-order valence-electron chi connectivity index (χ4n) is 1.48. The molecule has 1 amide bonds. The minimum absolute atomic E-state index is 0.0527. The van der Waals surface area contributed by atoms with Crippen molar-refractivity contribution in [2.45, 2.75) is 12.8 Å². The number of fused-ring (bicyclic) bond motifs is 1. The first kappa shape index (κ1) is 7.35. The lowest BCUT2D eigenvalue weighted by molar-refractivity contribution is 0.0951. The van der Waals surface area contributed by atoms with Gasteiger partial charge >= 0.3 is 0 Å². The van der Waals surface area contributed by atoms with Gasteiger partial charge in [-0.3, -0.25) is 4.79 Å². The van der Waals surface area contributed by atoms with Gasteiger partial charge in [0.2, 0.25) is 0 Å². The molecule has 0 bridgehead atoms. The summed E-state index contributed by atoms with van der Waals surface area (Å²) in [5, 5.41) is 3.93. The molecule has 0 spiro atoms. The highest BCUT2D eigenvalue weighted by atomic mass is 16.1. The van der Waals surface area contributed by atoms with E-state index in [0.717, 1.165) is 24.0 Å². The highest BCUT2D eigenvalue weighted by Crippen LogP contribution is 2.13. The Morgan fingerprint density at radius 2 is 2.08 bits per heavy atom. The molecular weight excluding hydrogens is 150 g/mol. The lowest BCUT2D eigenvalue weighted by Crippen LogP contribution is -2.14. The summed E-state index contributed by atoms with van der Waals surface area (Å²) in [5.41, 5.74) is 1.93. The molecule has 0 saturated heterocycles. The lowest BCUT2D eigenvalue weighted by Gasteiger charge is -2.00. The molecule has 2 heteroatoms. The van der Waals surface area contributed by atoms with E-state index in [1.165, 1.54) is 0 Å². The standard InChI is InChI=1S/C10H10NO/c12-10-9-6-2-1-4-8(9)5-3-7-11-10/h1-2,4,6H,3,5,7H2. The van der Waals surface area contributed by atoms with Crippen LogP contribution >= 0.6 is 0 Å². The van der Waals surface area contributed by atoms with Gasteiger partial charge in [0.25, 0.3) is 5.91 Å². The first-order valence-corrected chi connectivity index (χ1v) is 4.17. The third-order valence-electron chi connectivity index (χ3n) is 2.11. The minimum Gasteiger partial charge on any atom is -0.267 e. The number of aryl methyl sites for hydroxylation is 1. The van der Waals surface area contributed by atoms with Gasteiger partial charge in [0.15, 0.2) is 0 Å². The molecule has 0 saturated carbocycles. The molecule has 0 N–H and O–H groups in total. The smallest absolute Gasteiger partial charge is 0.267 e. The summed E-state index contributed by atoms with van der Waals surface area (Å²) in [5.74, 6) is -0.0527. The summed E-state index contributed by atoms with van der Waals surface area (Å²) in [6, 6.07) is 7.72. The molecule has 61 valence electrons. The number of hydrogen-bond acceptors (Lipinski definition) is 1. The zero-order chi connectivity index (χ0) is 8.39. The van der Waals surface area contributed by atoms with Crippen LogP contribution in [-0.2, 0) is 6.42 Å². The van der Waals surface area contributed by atoms with Crippen molar-refractivity contribution in [3.8, 4) is 0 Å². The van der Waals surface area contributed by atoms with Crippen LogP contribution < -0.4 is 5.32 Å². The van der Waals surface area contributed by atoms with Crippen molar-refractivity contribution in [1.29, 1.82) is 0 Å². The van der Waals surface area contributed by atoms with Gasteiger partial charge < -0.3 is 0 Å². The maximum atomic E-state index is 11.3. The van der Waals surface area contributed by atoms with Crippen LogP contribution in [0.2, 0.25) is 0 Å². The van der Waals surface area contributed by atoms with Gasteiger partial charge in [0.1, 0.15) is 0 Å². The number of carbonyl (C=O) groups excluding carboxylic acids is 1. The minimum atomic E-state index is -0.0527. The van der Waals surface area contributed by atoms with E-state index in [0.29, 0.717) is 6.54 Å². The van der Waals surface area contributed by atoms with Crippen LogP contribution in [0.1, 0.15) is 22.3 Å². The third-order valence-corrected chi connectivity index (χ3v) is 2.11. The first-order chi connectivity index (χ1) is 5.88. The topological polar surface area (TPSA) is 31.2 Å². The van der Waals surface area contributed by atoms with Crippen LogP contribution in [0.25, 0.3) is 0 Å². The predicted molar refractivity (Wildman–Crippen MR) is 46.1 cm³/mol. The van der Waals surface area contributed by atoms with Crippen LogP contribution in [0, 0.1) is 0 Å². The van der Waals surface area contributed by atoms with E-state index in [-0.39, 0.29) is 5.91 Å². The van der Waals surface area contributed by atoms with Crippen molar-refractivity contribution in [1.82, 2.24) is 5.32 Å². The molecule has 0 fully saturated rings. The Morgan fingerprint density at radius 3 is 3.00 bits per heavy atom. The molecule has 1 aliphatic rings. The number of benzene rings is 1. The summed E-state index contributed by atoms with van der Waals surface area (Å²) in [7, 11) is 0. The highest BCUT2D eigenvalue weighted by molar-refractivity contribution is 5.95. The van der Waals surface area contributed by atoms with Gasteiger partial charge in [-0.05, 0) is 24.5 Å². The van der Waals surface area contributed by atoms with Crippen LogP contribution in [-0.4, -0.2) is 12.5 Å². The average molecular weight is 160 g/mol. The molecular formula is C10H10NO.